The molecule has 5 atom stereocenters. The van der Waals surface area contributed by atoms with Crippen molar-refractivity contribution in [1.82, 2.24) is 30.2 Å². The maximum absolute atomic E-state index is 12.8. The molecule has 2 aliphatic heterocycles. The number of amides is 1. The molecule has 2 aliphatic rings. The summed E-state index contributed by atoms with van der Waals surface area (Å²) in [4.78, 5) is 17.3. The Balaban J connectivity index is 1.31. The van der Waals surface area contributed by atoms with Gasteiger partial charge in [0.2, 0.25) is 0 Å². The molecule has 0 saturated carbocycles. The number of hydrazine groups is 1. The van der Waals surface area contributed by atoms with Crippen LogP contribution in [0.15, 0.2) is 54.9 Å². The quantitative estimate of drug-likeness (QED) is 0.367. The second-order valence-electron chi connectivity index (χ2n) is 10.9. The molecule has 2 N–H and O–H groups in total. The van der Waals surface area contributed by atoms with Crippen molar-refractivity contribution in [3.05, 3.63) is 71.3 Å². The van der Waals surface area contributed by atoms with Crippen LogP contribution < -0.4 is 5.43 Å². The third-order valence-electron chi connectivity index (χ3n) is 6.76. The average Bonchev–Trinajstić information content (AvgIpc) is 3.55. The molecule has 1 amide bonds. The topological polar surface area (TPSA) is 133 Å². The van der Waals surface area contributed by atoms with Gasteiger partial charge in [0, 0.05) is 11.3 Å². The molecule has 2 aromatic carbocycles. The first kappa shape index (κ1) is 27.7. The molecule has 4 heterocycles. The van der Waals surface area contributed by atoms with E-state index in [1.165, 1.54) is 5.01 Å². The molecule has 2 saturated heterocycles. The molecule has 2 aromatic heterocycles. The molecule has 0 spiro atoms. The number of aromatic nitrogens is 4. The molecule has 0 aliphatic carbocycles. The van der Waals surface area contributed by atoms with E-state index in [0.717, 1.165) is 26.5 Å². The first-order valence-electron chi connectivity index (χ1n) is 13.3. The summed E-state index contributed by atoms with van der Waals surface area (Å²) in [5, 5.41) is 22.7. The average molecular weight is 581 g/mol. The van der Waals surface area contributed by atoms with Gasteiger partial charge < -0.3 is 24.1 Å². The summed E-state index contributed by atoms with van der Waals surface area (Å²) >= 11 is 1.59. The predicted octanol–water partition coefficient (Wildman–Crippen LogP) is 3.80. The van der Waals surface area contributed by atoms with Gasteiger partial charge in [-0.3, -0.25) is 9.99 Å². The highest BCUT2D eigenvalue weighted by atomic mass is 32.1. The van der Waals surface area contributed by atoms with Crippen LogP contribution in [0, 0.1) is 6.92 Å². The third kappa shape index (κ3) is 5.82. The number of rotatable bonds is 4. The van der Waals surface area contributed by atoms with Gasteiger partial charge in [0.25, 0.3) is 0 Å². The number of carbonyl (C=O) groups excluding carboxylic acids is 1. The maximum Gasteiger partial charge on any atom is 0.422 e. The molecular weight excluding hydrogens is 548 g/mol. The summed E-state index contributed by atoms with van der Waals surface area (Å²) in [5.74, 6) is 0.408. The molecule has 6 rings (SSSR count). The van der Waals surface area contributed by atoms with Crippen LogP contribution in [0.1, 0.15) is 49.6 Å². The van der Waals surface area contributed by atoms with Crippen molar-refractivity contribution in [3.8, 4) is 5.69 Å². The summed E-state index contributed by atoms with van der Waals surface area (Å²) in [6.07, 6.45) is -2.63. The number of nitrogens with one attached hydrogen (secondary N) is 1. The van der Waals surface area contributed by atoms with Gasteiger partial charge in [0.05, 0.1) is 34.5 Å². The van der Waals surface area contributed by atoms with Crippen LogP contribution in [0.2, 0.25) is 0 Å². The Kier molecular flexibility index (Phi) is 7.49. The normalized spacial score (nSPS) is 25.4. The third-order valence-corrected chi connectivity index (χ3v) is 7.69. The van der Waals surface area contributed by atoms with Gasteiger partial charge in [-0.25, -0.2) is 9.78 Å². The number of aliphatic hydroxyl groups is 1. The second kappa shape index (κ2) is 11.1. The van der Waals surface area contributed by atoms with E-state index in [-0.39, 0.29) is 13.2 Å². The summed E-state index contributed by atoms with van der Waals surface area (Å²) < 4.78 is 27.0. The van der Waals surface area contributed by atoms with E-state index in [0.29, 0.717) is 5.82 Å². The first-order chi connectivity index (χ1) is 19.7. The van der Waals surface area contributed by atoms with E-state index < -0.39 is 42.5 Å². The maximum atomic E-state index is 12.8. The van der Waals surface area contributed by atoms with Crippen molar-refractivity contribution in [1.29, 1.82) is 0 Å². The summed E-state index contributed by atoms with van der Waals surface area (Å²) in [6, 6.07) is 14.7. The molecule has 216 valence electrons. The number of hydrogen-bond acceptors (Lipinski definition) is 11. The molecule has 13 heteroatoms. The number of nitrogens with zero attached hydrogens (tertiary/aromatic N) is 5. The van der Waals surface area contributed by atoms with Gasteiger partial charge in [0.15, 0.2) is 18.3 Å². The number of hydrogen-bond donors (Lipinski definition) is 2. The van der Waals surface area contributed by atoms with Crippen LogP contribution in [-0.4, -0.2) is 73.1 Å². The second-order valence-corrected chi connectivity index (χ2v) is 12.2. The minimum atomic E-state index is -1.16. The van der Waals surface area contributed by atoms with Gasteiger partial charge in [-0.05, 0) is 45.9 Å². The summed E-state index contributed by atoms with van der Waals surface area (Å²) in [6.45, 7) is 7.33. The largest absolute Gasteiger partial charge is 0.443 e. The standard InChI is InChI=1S/C28H32N6O6S/c1-16-30-19-11-10-18(12-21(19)41-16)33-15-29-31-25(33)24-23(35)20-13-37-26(17-8-6-5-7-9-17)38-14-22(39-24)34(20)32-27(36)40-28(2,3)4/h5-12,15,20,22-24,26,35H,13-14H2,1-4H3,(H,32,36)/t20?,22?,23?,24-,26?/m1/s1. The zero-order chi connectivity index (χ0) is 28.7. The summed E-state index contributed by atoms with van der Waals surface area (Å²) in [7, 11) is 0. The molecule has 41 heavy (non-hydrogen) atoms. The first-order valence-corrected chi connectivity index (χ1v) is 14.1. The van der Waals surface area contributed by atoms with Gasteiger partial charge >= 0.3 is 6.09 Å². The van der Waals surface area contributed by atoms with Gasteiger partial charge in [-0.1, -0.05) is 30.3 Å². The van der Waals surface area contributed by atoms with Crippen LogP contribution in [0.5, 0.6) is 0 Å². The van der Waals surface area contributed by atoms with Crippen molar-refractivity contribution >= 4 is 27.6 Å². The minimum absolute atomic E-state index is 0.0210. The van der Waals surface area contributed by atoms with E-state index >= 15 is 0 Å². The Hall–Kier alpha value is -3.46. The fourth-order valence-corrected chi connectivity index (χ4v) is 5.85. The highest BCUT2D eigenvalue weighted by molar-refractivity contribution is 7.18. The Bertz CT molecular complexity index is 1520. The molecule has 4 aromatic rings. The van der Waals surface area contributed by atoms with Crippen LogP contribution in [0.25, 0.3) is 15.9 Å². The van der Waals surface area contributed by atoms with Crippen molar-refractivity contribution in [2.24, 2.45) is 0 Å². The molecule has 4 unspecified atom stereocenters. The van der Waals surface area contributed by atoms with Crippen molar-refractivity contribution in [2.45, 2.75) is 64.1 Å². The van der Waals surface area contributed by atoms with Crippen LogP contribution in [0.4, 0.5) is 4.79 Å². The lowest BCUT2D eigenvalue weighted by atomic mass is 10.0. The number of fused-ring (bicyclic) bond motifs is 3. The summed E-state index contributed by atoms with van der Waals surface area (Å²) in [5.41, 5.74) is 4.58. The highest BCUT2D eigenvalue weighted by Crippen LogP contribution is 2.36. The lowest BCUT2D eigenvalue weighted by Gasteiger charge is -2.48. The molecule has 12 nitrogen and oxygen atoms in total. The smallest absolute Gasteiger partial charge is 0.422 e. The van der Waals surface area contributed by atoms with E-state index in [1.54, 1.807) is 43.0 Å². The number of thiazole rings is 1. The van der Waals surface area contributed by atoms with Crippen molar-refractivity contribution in [2.75, 3.05) is 13.2 Å². The fourth-order valence-electron chi connectivity index (χ4n) is 4.99. The Labute approximate surface area is 240 Å². The fraction of sp³-hybridized carbons (Fsp3) is 0.429. The SMILES string of the molecule is Cc1nc2ccc(-n3cnnc3[C@@H]3OC4COC(c5ccccc5)OCC(C3O)N4NC(=O)OC(C)(C)C)cc2s1. The van der Waals surface area contributed by atoms with E-state index in [4.69, 9.17) is 18.9 Å². The van der Waals surface area contributed by atoms with Crippen LogP contribution in [0.3, 0.4) is 0 Å². The lowest BCUT2D eigenvalue weighted by molar-refractivity contribution is -0.298. The van der Waals surface area contributed by atoms with Crippen molar-refractivity contribution < 1.29 is 28.8 Å². The zero-order valence-corrected chi connectivity index (χ0v) is 23.9. The number of aryl methyl sites for hydroxylation is 1. The molecular formula is C28H32N6O6S. The molecule has 2 fully saturated rings. The number of benzene rings is 2. The highest BCUT2D eigenvalue weighted by Gasteiger charge is 2.48. The Morgan fingerprint density at radius 1 is 1.15 bits per heavy atom. The van der Waals surface area contributed by atoms with E-state index in [9.17, 15) is 9.90 Å². The van der Waals surface area contributed by atoms with Gasteiger partial charge in [-0.2, -0.15) is 5.01 Å². The number of carbonyl (C=O) groups is 1. The van der Waals surface area contributed by atoms with Gasteiger partial charge in [-0.15, -0.1) is 21.5 Å². The van der Waals surface area contributed by atoms with E-state index in [1.807, 2.05) is 55.5 Å². The zero-order valence-electron chi connectivity index (χ0n) is 23.1. The van der Waals surface area contributed by atoms with Crippen molar-refractivity contribution in [3.63, 3.8) is 0 Å². The number of ether oxygens (including phenoxy) is 4. The lowest BCUT2D eigenvalue weighted by Crippen LogP contribution is -2.67. The Morgan fingerprint density at radius 3 is 2.71 bits per heavy atom. The molecule has 2 bridgehead atoms. The molecule has 0 radical (unpaired) electrons. The van der Waals surface area contributed by atoms with Crippen LogP contribution >= 0.6 is 11.3 Å². The number of aliphatic hydroxyl groups excluding tert-OH is 1. The van der Waals surface area contributed by atoms with Crippen LogP contribution in [-0.2, 0) is 18.9 Å². The Morgan fingerprint density at radius 2 is 1.93 bits per heavy atom. The van der Waals surface area contributed by atoms with E-state index in [2.05, 4.69) is 20.6 Å². The predicted molar refractivity (Wildman–Crippen MR) is 149 cm³/mol. The monoisotopic (exact) mass is 580 g/mol. The minimum Gasteiger partial charge on any atom is -0.443 e. The van der Waals surface area contributed by atoms with Gasteiger partial charge in [0.1, 0.15) is 24.1 Å².